The minimum atomic E-state index is -1.05. The van der Waals surface area contributed by atoms with Gasteiger partial charge in [-0.25, -0.2) is 4.79 Å². The lowest BCUT2D eigenvalue weighted by Crippen LogP contribution is -2.38. The second-order valence-electron chi connectivity index (χ2n) is 11.3. The third kappa shape index (κ3) is 9.67. The van der Waals surface area contributed by atoms with Gasteiger partial charge in [-0.1, -0.05) is 54.6 Å². The Morgan fingerprint density at radius 2 is 1.63 bits per heavy atom. The van der Waals surface area contributed by atoms with Crippen molar-refractivity contribution in [2.24, 2.45) is 0 Å². The van der Waals surface area contributed by atoms with E-state index in [-0.39, 0.29) is 18.1 Å². The van der Waals surface area contributed by atoms with Gasteiger partial charge < -0.3 is 28.8 Å². The van der Waals surface area contributed by atoms with Crippen molar-refractivity contribution in [3.8, 4) is 34.1 Å². The smallest absolute Gasteiger partial charge is 0.335 e. The van der Waals surface area contributed by atoms with Crippen molar-refractivity contribution in [1.29, 1.82) is 0 Å². The van der Waals surface area contributed by atoms with Crippen molar-refractivity contribution < 1.29 is 38.4 Å². The molecule has 1 amide bonds. The standard InChI is InChI=1S/C36H39ClN2O8S2/c1-3-15-45-30-9-6-25(21-28(30)37)24-5-8-29(47-19-14-38-12-17-44-18-13-38)27(20-24)23-33-34(40)39(36(48)49-33)11-4-16-46-31-10-7-26(35(41)42)22-32(31)43-2/h5-10,20-23H,3-4,11-19H2,1-2H3,(H,41,42)/b33-23-. The second-order valence-corrected chi connectivity index (χ2v) is 13.3. The Bertz CT molecular complexity index is 1700. The summed E-state index contributed by atoms with van der Waals surface area (Å²) in [6.07, 6.45) is 3.21. The lowest BCUT2D eigenvalue weighted by molar-refractivity contribution is -0.122. The first-order chi connectivity index (χ1) is 23.8. The summed E-state index contributed by atoms with van der Waals surface area (Å²) in [5.74, 6) is 0.794. The molecular formula is C36H39ClN2O8S2. The lowest BCUT2D eigenvalue weighted by Gasteiger charge is -2.26. The molecule has 13 heteroatoms. The average Bonchev–Trinajstić information content (AvgIpc) is 3.37. The largest absolute Gasteiger partial charge is 0.493 e. The van der Waals surface area contributed by atoms with Gasteiger partial charge in [0.2, 0.25) is 0 Å². The van der Waals surface area contributed by atoms with Gasteiger partial charge in [0.1, 0.15) is 22.4 Å². The number of carbonyl (C=O) groups excluding carboxylic acids is 1. The number of hydrogen-bond donors (Lipinski definition) is 1. The number of ether oxygens (including phenoxy) is 5. The fourth-order valence-electron chi connectivity index (χ4n) is 5.25. The fraction of sp³-hybridized carbons (Fsp3) is 0.361. The predicted octanol–water partition coefficient (Wildman–Crippen LogP) is 6.88. The third-order valence-electron chi connectivity index (χ3n) is 7.86. The zero-order valence-electron chi connectivity index (χ0n) is 27.4. The fourth-order valence-corrected chi connectivity index (χ4v) is 6.78. The zero-order chi connectivity index (χ0) is 34.8. The van der Waals surface area contributed by atoms with E-state index in [1.807, 2.05) is 49.4 Å². The van der Waals surface area contributed by atoms with Gasteiger partial charge in [-0.2, -0.15) is 0 Å². The number of thiocarbonyl (C=S) groups is 1. The number of methoxy groups -OCH3 is 1. The molecule has 0 bridgehead atoms. The van der Waals surface area contributed by atoms with Crippen LogP contribution in [-0.4, -0.2) is 97.4 Å². The highest BCUT2D eigenvalue weighted by Gasteiger charge is 2.32. The Morgan fingerprint density at radius 1 is 0.939 bits per heavy atom. The summed E-state index contributed by atoms with van der Waals surface area (Å²) in [6.45, 7) is 7.66. The normalized spacial score (nSPS) is 15.9. The highest BCUT2D eigenvalue weighted by atomic mass is 35.5. The monoisotopic (exact) mass is 726 g/mol. The van der Waals surface area contributed by atoms with Gasteiger partial charge in [0.15, 0.2) is 11.5 Å². The predicted molar refractivity (Wildman–Crippen MR) is 195 cm³/mol. The minimum Gasteiger partial charge on any atom is -0.493 e. The van der Waals surface area contributed by atoms with Gasteiger partial charge in [-0.3, -0.25) is 14.6 Å². The van der Waals surface area contributed by atoms with Crippen LogP contribution in [0, 0.1) is 0 Å². The first-order valence-corrected chi connectivity index (χ1v) is 17.7. The van der Waals surface area contributed by atoms with Crippen molar-refractivity contribution in [1.82, 2.24) is 9.80 Å². The van der Waals surface area contributed by atoms with E-state index in [9.17, 15) is 14.7 Å². The molecule has 1 N–H and O–H groups in total. The molecule has 2 heterocycles. The molecule has 0 saturated carbocycles. The maximum atomic E-state index is 13.6. The molecule has 260 valence electrons. The number of thioether (sulfide) groups is 1. The maximum Gasteiger partial charge on any atom is 0.335 e. The van der Waals surface area contributed by atoms with Crippen molar-refractivity contribution >= 4 is 57.9 Å². The SMILES string of the molecule is CCCOc1ccc(-c2ccc(OCCN3CCOCC3)c(/C=C3\SC(=S)N(CCCOc4ccc(C(=O)O)cc4OC)C3=O)c2)cc1Cl. The molecule has 3 aromatic rings. The molecule has 2 fully saturated rings. The lowest BCUT2D eigenvalue weighted by atomic mass is 10.0. The number of morpholine rings is 1. The van der Waals surface area contributed by atoms with Crippen LogP contribution in [0.4, 0.5) is 0 Å². The zero-order valence-corrected chi connectivity index (χ0v) is 29.8. The van der Waals surface area contributed by atoms with Gasteiger partial charge in [0.25, 0.3) is 5.91 Å². The molecule has 0 radical (unpaired) electrons. The third-order valence-corrected chi connectivity index (χ3v) is 9.53. The van der Waals surface area contributed by atoms with E-state index in [2.05, 4.69) is 4.90 Å². The highest BCUT2D eigenvalue weighted by molar-refractivity contribution is 8.26. The van der Waals surface area contributed by atoms with Crippen molar-refractivity contribution in [3.63, 3.8) is 0 Å². The van der Waals surface area contributed by atoms with E-state index in [4.69, 9.17) is 47.5 Å². The number of carbonyl (C=O) groups is 2. The van der Waals surface area contributed by atoms with E-state index in [0.717, 1.165) is 42.7 Å². The van der Waals surface area contributed by atoms with Gasteiger partial charge >= 0.3 is 5.97 Å². The van der Waals surface area contributed by atoms with Crippen molar-refractivity contribution in [3.05, 3.63) is 75.7 Å². The van der Waals surface area contributed by atoms with E-state index in [1.165, 1.54) is 31.0 Å². The second kappa shape index (κ2) is 17.7. The summed E-state index contributed by atoms with van der Waals surface area (Å²) in [6, 6.07) is 16.0. The number of carboxylic acids is 1. The number of benzene rings is 3. The molecule has 0 aromatic heterocycles. The van der Waals surface area contributed by atoms with Gasteiger partial charge in [-0.15, -0.1) is 0 Å². The first-order valence-electron chi connectivity index (χ1n) is 16.1. The number of aromatic carboxylic acids is 1. The molecule has 3 aromatic carbocycles. The van der Waals surface area contributed by atoms with Crippen LogP contribution in [0.5, 0.6) is 23.0 Å². The number of rotatable bonds is 16. The Hall–Kier alpha value is -3.81. The van der Waals surface area contributed by atoms with Crippen LogP contribution in [0.3, 0.4) is 0 Å². The molecular weight excluding hydrogens is 688 g/mol. The topological polar surface area (TPSA) is 107 Å². The van der Waals surface area contributed by atoms with Crippen LogP contribution in [0.25, 0.3) is 17.2 Å². The average molecular weight is 727 g/mol. The summed E-state index contributed by atoms with van der Waals surface area (Å²) in [5.41, 5.74) is 2.67. The van der Waals surface area contributed by atoms with Crippen LogP contribution in [0.2, 0.25) is 5.02 Å². The summed E-state index contributed by atoms with van der Waals surface area (Å²) in [7, 11) is 1.45. The molecule has 2 aliphatic heterocycles. The van der Waals surface area contributed by atoms with Crippen LogP contribution in [0.15, 0.2) is 59.5 Å². The van der Waals surface area contributed by atoms with Crippen molar-refractivity contribution in [2.45, 2.75) is 19.8 Å². The summed E-state index contributed by atoms with van der Waals surface area (Å²) in [4.78, 5) is 29.2. The summed E-state index contributed by atoms with van der Waals surface area (Å²) < 4.78 is 29.1. The number of carboxylic acid groups (broad SMARTS) is 1. The van der Waals surface area contributed by atoms with E-state index in [0.29, 0.717) is 76.6 Å². The minimum absolute atomic E-state index is 0.100. The number of halogens is 1. The molecule has 0 unspecified atom stereocenters. The summed E-state index contributed by atoms with van der Waals surface area (Å²) in [5, 5.41) is 9.76. The molecule has 0 spiro atoms. The Labute approximate surface area is 300 Å². The van der Waals surface area contributed by atoms with E-state index >= 15 is 0 Å². The number of hydrogen-bond acceptors (Lipinski definition) is 10. The Kier molecular flexibility index (Phi) is 13.2. The maximum absolute atomic E-state index is 13.6. The first kappa shape index (κ1) is 36.5. The van der Waals surface area contributed by atoms with Gasteiger partial charge in [0.05, 0.1) is 49.0 Å². The number of amides is 1. The van der Waals surface area contributed by atoms with Crippen LogP contribution < -0.4 is 18.9 Å². The molecule has 0 aliphatic carbocycles. The number of nitrogens with zero attached hydrogens (tertiary/aromatic N) is 2. The molecule has 2 aliphatic rings. The Morgan fingerprint density at radius 3 is 2.35 bits per heavy atom. The van der Waals surface area contributed by atoms with E-state index in [1.54, 1.807) is 11.0 Å². The molecule has 10 nitrogen and oxygen atoms in total. The van der Waals surface area contributed by atoms with Gasteiger partial charge in [0, 0.05) is 31.7 Å². The van der Waals surface area contributed by atoms with E-state index < -0.39 is 5.97 Å². The van der Waals surface area contributed by atoms with Crippen LogP contribution in [-0.2, 0) is 9.53 Å². The molecule has 5 rings (SSSR count). The molecule has 49 heavy (non-hydrogen) atoms. The Balaban J connectivity index is 1.30. The van der Waals surface area contributed by atoms with Crippen molar-refractivity contribution in [2.75, 3.05) is 66.3 Å². The molecule has 0 atom stereocenters. The highest BCUT2D eigenvalue weighted by Crippen LogP contribution is 2.37. The van der Waals surface area contributed by atoms with Gasteiger partial charge in [-0.05, 0) is 72.5 Å². The quantitative estimate of drug-likeness (QED) is 0.0948. The molecule has 2 saturated heterocycles. The van der Waals surface area contributed by atoms with Crippen LogP contribution in [0.1, 0.15) is 35.7 Å². The van der Waals surface area contributed by atoms with Crippen LogP contribution >= 0.6 is 35.6 Å². The summed E-state index contributed by atoms with van der Waals surface area (Å²) >= 11 is 13.4.